The van der Waals surface area contributed by atoms with Crippen LogP contribution in [0.5, 0.6) is 17.2 Å². The zero-order valence-electron chi connectivity index (χ0n) is 11.5. The van der Waals surface area contributed by atoms with Gasteiger partial charge in [-0.05, 0) is 29.7 Å². The Morgan fingerprint density at radius 1 is 1.00 bits per heavy atom. The maximum Gasteiger partial charge on any atom is 0.228 e. The largest absolute Gasteiger partial charge is 0.504 e. The average molecular weight is 308 g/mol. The molecular weight excluding hydrogens is 292 g/mol. The number of phenolic OH excluding ortho intramolecular Hbond substituents is 2. The summed E-state index contributed by atoms with van der Waals surface area (Å²) >= 11 is 0. The standard InChI is InChI=1S/C15H16O7/c16-10-4-1-7-5-8(2-3-9(7)12(10)18)22-15-14(20)13(19)11(17)6-21-15/h1-5,11,13-20H,6H2/t11-,13+,14-,15+/m1/s1. The molecule has 1 saturated heterocycles. The zero-order chi connectivity index (χ0) is 15.9. The van der Waals surface area contributed by atoms with E-state index in [9.17, 15) is 25.5 Å². The van der Waals surface area contributed by atoms with Gasteiger partial charge in [0.1, 0.15) is 24.1 Å². The van der Waals surface area contributed by atoms with Crippen LogP contribution >= 0.6 is 0 Å². The van der Waals surface area contributed by atoms with Gasteiger partial charge < -0.3 is 35.0 Å². The molecule has 22 heavy (non-hydrogen) atoms. The van der Waals surface area contributed by atoms with Gasteiger partial charge in [0.05, 0.1) is 6.61 Å². The van der Waals surface area contributed by atoms with Crippen LogP contribution in [0.15, 0.2) is 30.3 Å². The van der Waals surface area contributed by atoms with E-state index in [1.807, 2.05) is 0 Å². The van der Waals surface area contributed by atoms with Crippen molar-refractivity contribution in [2.75, 3.05) is 6.61 Å². The Morgan fingerprint density at radius 2 is 1.77 bits per heavy atom. The van der Waals surface area contributed by atoms with Crippen LogP contribution in [0.2, 0.25) is 0 Å². The monoisotopic (exact) mass is 308 g/mol. The summed E-state index contributed by atoms with van der Waals surface area (Å²) in [5.74, 6) is -0.0916. The van der Waals surface area contributed by atoms with E-state index in [1.165, 1.54) is 12.1 Å². The van der Waals surface area contributed by atoms with Crippen LogP contribution < -0.4 is 4.74 Å². The molecule has 7 nitrogen and oxygen atoms in total. The molecule has 2 aromatic rings. The minimum atomic E-state index is -1.38. The Balaban J connectivity index is 1.84. The number of hydrogen-bond donors (Lipinski definition) is 5. The van der Waals surface area contributed by atoms with E-state index in [0.717, 1.165) is 0 Å². The van der Waals surface area contributed by atoms with E-state index >= 15 is 0 Å². The van der Waals surface area contributed by atoms with Gasteiger partial charge in [-0.25, -0.2) is 0 Å². The second-order valence-electron chi connectivity index (χ2n) is 5.18. The molecule has 0 amide bonds. The van der Waals surface area contributed by atoms with Gasteiger partial charge >= 0.3 is 0 Å². The molecule has 7 heteroatoms. The first-order valence-corrected chi connectivity index (χ1v) is 6.74. The second kappa shape index (κ2) is 5.62. The maximum absolute atomic E-state index is 9.83. The smallest absolute Gasteiger partial charge is 0.228 e. The summed E-state index contributed by atoms with van der Waals surface area (Å²) in [6.45, 7) is -0.148. The number of phenols is 2. The third-order valence-electron chi connectivity index (χ3n) is 3.65. The van der Waals surface area contributed by atoms with Crippen LogP contribution in [0.25, 0.3) is 10.8 Å². The van der Waals surface area contributed by atoms with Crippen molar-refractivity contribution in [1.82, 2.24) is 0 Å². The normalized spacial score (nSPS) is 28.7. The first-order chi connectivity index (χ1) is 10.5. The maximum atomic E-state index is 9.83. The van der Waals surface area contributed by atoms with Crippen molar-refractivity contribution in [3.8, 4) is 17.2 Å². The van der Waals surface area contributed by atoms with E-state index in [4.69, 9.17) is 9.47 Å². The summed E-state index contributed by atoms with van der Waals surface area (Å²) < 4.78 is 10.6. The number of aromatic hydroxyl groups is 2. The van der Waals surface area contributed by atoms with Crippen molar-refractivity contribution in [2.24, 2.45) is 0 Å². The molecule has 0 bridgehead atoms. The molecule has 1 fully saturated rings. The van der Waals surface area contributed by atoms with Gasteiger partial charge in [-0.2, -0.15) is 0 Å². The Morgan fingerprint density at radius 3 is 2.55 bits per heavy atom. The molecular formula is C15H16O7. The molecule has 1 heterocycles. The van der Waals surface area contributed by atoms with Crippen molar-refractivity contribution < 1.29 is 35.0 Å². The SMILES string of the molecule is Oc1ccc2cc(O[C@@H]3OC[C@@H](O)[C@H](O)[C@H]3O)ccc2c1O. The first-order valence-electron chi connectivity index (χ1n) is 6.74. The molecule has 0 aromatic heterocycles. The van der Waals surface area contributed by atoms with Gasteiger partial charge in [0.25, 0.3) is 0 Å². The van der Waals surface area contributed by atoms with Gasteiger partial charge in [-0.1, -0.05) is 6.07 Å². The lowest BCUT2D eigenvalue weighted by atomic mass is 10.1. The number of aliphatic hydroxyl groups is 3. The Labute approximate surface area is 125 Å². The van der Waals surface area contributed by atoms with E-state index in [2.05, 4.69) is 0 Å². The predicted octanol–water partition coefficient (Wildman–Crippen LogP) is 0.0688. The van der Waals surface area contributed by atoms with E-state index < -0.39 is 24.6 Å². The molecule has 2 aromatic carbocycles. The predicted molar refractivity (Wildman–Crippen MR) is 75.7 cm³/mol. The van der Waals surface area contributed by atoms with Crippen molar-refractivity contribution in [1.29, 1.82) is 0 Å². The van der Waals surface area contributed by atoms with Gasteiger partial charge in [0.15, 0.2) is 11.5 Å². The summed E-state index contributed by atoms with van der Waals surface area (Å²) in [6.07, 6.45) is -5.00. The van der Waals surface area contributed by atoms with Crippen LogP contribution in [0.4, 0.5) is 0 Å². The van der Waals surface area contributed by atoms with Crippen molar-refractivity contribution in [2.45, 2.75) is 24.6 Å². The Kier molecular flexibility index (Phi) is 3.79. The molecule has 0 saturated carbocycles. The van der Waals surface area contributed by atoms with Crippen LogP contribution in [-0.4, -0.2) is 56.7 Å². The lowest BCUT2D eigenvalue weighted by Gasteiger charge is -2.34. The quantitative estimate of drug-likeness (QED) is 0.498. The number of fused-ring (bicyclic) bond motifs is 1. The number of ether oxygens (including phenoxy) is 2. The Hall–Kier alpha value is -2.06. The molecule has 5 N–H and O–H groups in total. The van der Waals surface area contributed by atoms with Crippen molar-refractivity contribution in [3.63, 3.8) is 0 Å². The van der Waals surface area contributed by atoms with E-state index in [0.29, 0.717) is 16.5 Å². The van der Waals surface area contributed by atoms with Crippen LogP contribution in [0, 0.1) is 0 Å². The summed E-state index contributed by atoms with van der Waals surface area (Å²) in [5, 5.41) is 49.1. The van der Waals surface area contributed by atoms with Crippen LogP contribution in [0.3, 0.4) is 0 Å². The highest BCUT2D eigenvalue weighted by Crippen LogP contribution is 2.35. The number of aliphatic hydroxyl groups excluding tert-OH is 3. The Bertz CT molecular complexity index is 687. The lowest BCUT2D eigenvalue weighted by molar-refractivity contribution is -0.242. The molecule has 1 aliphatic rings. The molecule has 0 unspecified atom stereocenters. The highest BCUT2D eigenvalue weighted by atomic mass is 16.7. The minimum Gasteiger partial charge on any atom is -0.504 e. The van der Waals surface area contributed by atoms with Crippen molar-refractivity contribution >= 4 is 10.8 Å². The zero-order valence-corrected chi connectivity index (χ0v) is 11.5. The van der Waals surface area contributed by atoms with E-state index in [1.54, 1.807) is 18.2 Å². The van der Waals surface area contributed by atoms with Crippen LogP contribution in [0.1, 0.15) is 0 Å². The van der Waals surface area contributed by atoms with Gasteiger partial charge in [0, 0.05) is 5.39 Å². The summed E-state index contributed by atoms with van der Waals surface area (Å²) in [4.78, 5) is 0. The molecule has 1 aliphatic heterocycles. The molecule has 4 atom stereocenters. The number of rotatable bonds is 2. The molecule has 0 aliphatic carbocycles. The minimum absolute atomic E-state index is 0.148. The molecule has 0 spiro atoms. The highest BCUT2D eigenvalue weighted by molar-refractivity contribution is 5.91. The fourth-order valence-corrected chi connectivity index (χ4v) is 2.37. The molecule has 0 radical (unpaired) electrons. The van der Waals surface area contributed by atoms with E-state index in [-0.39, 0.29) is 18.1 Å². The number of benzene rings is 2. The third kappa shape index (κ3) is 2.55. The highest BCUT2D eigenvalue weighted by Gasteiger charge is 2.38. The van der Waals surface area contributed by atoms with Gasteiger partial charge in [-0.3, -0.25) is 0 Å². The summed E-state index contributed by atoms with van der Waals surface area (Å²) in [5.41, 5.74) is 0. The fraction of sp³-hybridized carbons (Fsp3) is 0.333. The second-order valence-corrected chi connectivity index (χ2v) is 5.18. The van der Waals surface area contributed by atoms with Gasteiger partial charge in [0.2, 0.25) is 6.29 Å². The third-order valence-corrected chi connectivity index (χ3v) is 3.65. The number of hydrogen-bond acceptors (Lipinski definition) is 7. The summed E-state index contributed by atoms with van der Waals surface area (Å²) in [7, 11) is 0. The van der Waals surface area contributed by atoms with Gasteiger partial charge in [-0.15, -0.1) is 0 Å². The lowest BCUT2D eigenvalue weighted by Crippen LogP contribution is -2.54. The first kappa shape index (κ1) is 14.9. The fourth-order valence-electron chi connectivity index (χ4n) is 2.37. The molecule has 118 valence electrons. The molecule has 3 rings (SSSR count). The van der Waals surface area contributed by atoms with Crippen molar-refractivity contribution in [3.05, 3.63) is 30.3 Å². The summed E-state index contributed by atoms with van der Waals surface area (Å²) in [6, 6.07) is 7.65. The average Bonchev–Trinajstić information content (AvgIpc) is 2.52. The topological polar surface area (TPSA) is 120 Å². The van der Waals surface area contributed by atoms with Crippen LogP contribution in [-0.2, 0) is 4.74 Å².